The number of para-hydroxylation sites is 2. The molecule has 1 heterocycles. The van der Waals surface area contributed by atoms with Gasteiger partial charge in [-0.05, 0) is 105 Å². The lowest BCUT2D eigenvalue weighted by molar-refractivity contribution is -0.384. The minimum atomic E-state index is -0.315. The fourth-order valence-corrected chi connectivity index (χ4v) is 8.61. The molecule has 0 bridgehead atoms. The molecule has 0 fully saturated rings. The van der Waals surface area contributed by atoms with Gasteiger partial charge in [-0.3, -0.25) is 10.1 Å². The zero-order valence-corrected chi connectivity index (χ0v) is 30.9. The lowest BCUT2D eigenvalue weighted by atomic mass is 9.82. The third kappa shape index (κ3) is 5.39. The summed E-state index contributed by atoms with van der Waals surface area (Å²) >= 11 is 0. The third-order valence-electron chi connectivity index (χ3n) is 11.4. The summed E-state index contributed by atoms with van der Waals surface area (Å²) in [6, 6.07) is 62.2. The molecule has 5 heteroatoms. The molecule has 0 spiro atoms. The van der Waals surface area contributed by atoms with Crippen LogP contribution in [0.25, 0.3) is 66.4 Å². The molecule has 0 saturated carbocycles. The van der Waals surface area contributed by atoms with E-state index in [0.717, 1.165) is 55.7 Å². The Hall–Kier alpha value is -7.24. The standard InChI is InChI=1S/C51H36N2O3/c1-51(2)45-17-9-6-14-40(45)41-29-28-39(32-46(41)51)52(37-24-20-34(21-25-37)33-12-4-3-5-13-33)38-26-22-35(23-27-38)36-30-44(42-15-7-10-18-47(42)53(54)55)50-43-16-8-11-19-48(43)56-49(50)31-36/h3-32H,1-2H3. The first kappa shape index (κ1) is 33.3. The molecule has 56 heavy (non-hydrogen) atoms. The molecule has 0 amide bonds. The molecular weight excluding hydrogens is 689 g/mol. The van der Waals surface area contributed by atoms with E-state index in [1.165, 1.54) is 27.8 Å². The second-order valence-electron chi connectivity index (χ2n) is 15.0. The fourth-order valence-electron chi connectivity index (χ4n) is 8.61. The number of hydrogen-bond donors (Lipinski definition) is 0. The van der Waals surface area contributed by atoms with E-state index in [9.17, 15) is 10.1 Å². The minimum Gasteiger partial charge on any atom is -0.456 e. The maximum absolute atomic E-state index is 12.2. The zero-order valence-electron chi connectivity index (χ0n) is 30.9. The molecule has 0 radical (unpaired) electrons. The molecular formula is C51H36N2O3. The summed E-state index contributed by atoms with van der Waals surface area (Å²) in [7, 11) is 0. The number of hydrogen-bond acceptors (Lipinski definition) is 4. The number of anilines is 3. The second-order valence-corrected chi connectivity index (χ2v) is 15.0. The van der Waals surface area contributed by atoms with E-state index < -0.39 is 0 Å². The number of rotatable bonds is 7. The molecule has 5 nitrogen and oxygen atoms in total. The van der Waals surface area contributed by atoms with Gasteiger partial charge in [0.2, 0.25) is 0 Å². The number of fused-ring (bicyclic) bond motifs is 6. The molecule has 0 saturated heterocycles. The van der Waals surface area contributed by atoms with E-state index in [-0.39, 0.29) is 16.0 Å². The number of nitro groups is 1. The Morgan fingerprint density at radius 3 is 1.79 bits per heavy atom. The van der Waals surface area contributed by atoms with E-state index >= 15 is 0 Å². The Morgan fingerprint density at radius 2 is 1.05 bits per heavy atom. The number of nitrogens with zero attached hydrogens (tertiary/aromatic N) is 2. The van der Waals surface area contributed by atoms with E-state index in [2.05, 4.69) is 140 Å². The van der Waals surface area contributed by atoms with Crippen molar-refractivity contribution in [3.63, 3.8) is 0 Å². The summed E-state index contributed by atoms with van der Waals surface area (Å²) in [5.74, 6) is 0. The van der Waals surface area contributed by atoms with Crippen LogP contribution in [0.5, 0.6) is 0 Å². The Balaban J connectivity index is 1.11. The van der Waals surface area contributed by atoms with E-state index in [1.54, 1.807) is 12.1 Å². The number of benzene rings is 8. The highest BCUT2D eigenvalue weighted by atomic mass is 16.6. The molecule has 0 unspecified atom stereocenters. The lowest BCUT2D eigenvalue weighted by Gasteiger charge is -2.28. The third-order valence-corrected chi connectivity index (χ3v) is 11.4. The van der Waals surface area contributed by atoms with Gasteiger partial charge < -0.3 is 9.32 Å². The van der Waals surface area contributed by atoms with Crippen molar-refractivity contribution in [2.45, 2.75) is 19.3 Å². The van der Waals surface area contributed by atoms with Gasteiger partial charge in [0.05, 0.1) is 10.5 Å². The Labute approximate surface area is 324 Å². The molecule has 268 valence electrons. The van der Waals surface area contributed by atoms with Gasteiger partial charge in [-0.1, -0.05) is 129 Å². The van der Waals surface area contributed by atoms with Gasteiger partial charge in [0.15, 0.2) is 0 Å². The lowest BCUT2D eigenvalue weighted by Crippen LogP contribution is -2.16. The highest BCUT2D eigenvalue weighted by Gasteiger charge is 2.35. The average Bonchev–Trinajstić information content (AvgIpc) is 3.73. The summed E-state index contributed by atoms with van der Waals surface area (Å²) in [6.45, 7) is 4.62. The van der Waals surface area contributed by atoms with Crippen molar-refractivity contribution in [3.8, 4) is 44.5 Å². The van der Waals surface area contributed by atoms with Crippen LogP contribution in [0.2, 0.25) is 0 Å². The van der Waals surface area contributed by atoms with Crippen LogP contribution < -0.4 is 4.90 Å². The van der Waals surface area contributed by atoms with Gasteiger partial charge in [0.1, 0.15) is 11.2 Å². The molecule has 0 N–H and O–H groups in total. The fraction of sp³-hybridized carbons (Fsp3) is 0.0588. The summed E-state index contributed by atoms with van der Waals surface area (Å²) in [5.41, 5.74) is 15.2. The van der Waals surface area contributed by atoms with Crippen LogP contribution in [-0.4, -0.2) is 4.92 Å². The van der Waals surface area contributed by atoms with E-state index in [1.807, 2.05) is 48.5 Å². The van der Waals surface area contributed by atoms with E-state index in [4.69, 9.17) is 4.42 Å². The Kier molecular flexibility index (Phi) is 7.72. The van der Waals surface area contributed by atoms with E-state index in [0.29, 0.717) is 11.1 Å². The maximum Gasteiger partial charge on any atom is 0.277 e. The smallest absolute Gasteiger partial charge is 0.277 e. The van der Waals surface area contributed by atoms with Gasteiger partial charge in [-0.2, -0.15) is 0 Å². The second kappa shape index (κ2) is 13.0. The van der Waals surface area contributed by atoms with Crippen molar-refractivity contribution in [1.82, 2.24) is 0 Å². The predicted molar refractivity (Wildman–Crippen MR) is 229 cm³/mol. The van der Waals surface area contributed by atoms with Crippen LogP contribution in [0.1, 0.15) is 25.0 Å². The van der Waals surface area contributed by atoms with Crippen LogP contribution in [-0.2, 0) is 5.41 Å². The highest BCUT2D eigenvalue weighted by Crippen LogP contribution is 2.51. The summed E-state index contributed by atoms with van der Waals surface area (Å²) in [4.78, 5) is 14.3. The van der Waals surface area contributed by atoms with Crippen molar-refractivity contribution in [2.24, 2.45) is 0 Å². The Morgan fingerprint density at radius 1 is 0.482 bits per heavy atom. The number of furan rings is 1. The van der Waals surface area contributed by atoms with Gasteiger partial charge in [0.25, 0.3) is 5.69 Å². The molecule has 1 aromatic heterocycles. The molecule has 0 aliphatic heterocycles. The number of nitro benzene ring substituents is 1. The first-order chi connectivity index (χ1) is 27.3. The van der Waals surface area contributed by atoms with Crippen molar-refractivity contribution in [2.75, 3.05) is 4.90 Å². The van der Waals surface area contributed by atoms with Crippen LogP contribution in [0, 0.1) is 10.1 Å². The minimum absolute atomic E-state index is 0.0566. The van der Waals surface area contributed by atoms with Gasteiger partial charge >= 0.3 is 0 Å². The molecule has 1 aliphatic carbocycles. The zero-order chi connectivity index (χ0) is 38.0. The molecule has 0 atom stereocenters. The quantitative estimate of drug-likeness (QED) is 0.121. The molecule has 8 aromatic carbocycles. The van der Waals surface area contributed by atoms with Gasteiger partial charge in [-0.15, -0.1) is 0 Å². The van der Waals surface area contributed by atoms with Crippen LogP contribution >= 0.6 is 0 Å². The molecule has 10 rings (SSSR count). The van der Waals surface area contributed by atoms with Crippen molar-refractivity contribution < 1.29 is 9.34 Å². The highest BCUT2D eigenvalue weighted by molar-refractivity contribution is 6.14. The van der Waals surface area contributed by atoms with Crippen LogP contribution in [0.15, 0.2) is 186 Å². The monoisotopic (exact) mass is 724 g/mol. The SMILES string of the molecule is CC1(C)c2ccccc2-c2ccc(N(c3ccc(-c4ccccc4)cc3)c3ccc(-c4cc(-c5ccccc5[N+](=O)[O-])c5c(c4)oc4ccccc45)cc3)cc21. The molecule has 1 aliphatic rings. The largest absolute Gasteiger partial charge is 0.456 e. The van der Waals surface area contributed by atoms with Crippen molar-refractivity contribution >= 4 is 44.7 Å². The average molecular weight is 725 g/mol. The summed E-state index contributed by atoms with van der Waals surface area (Å²) < 4.78 is 6.39. The Bertz CT molecular complexity index is 2960. The van der Waals surface area contributed by atoms with Crippen LogP contribution in [0.3, 0.4) is 0 Å². The van der Waals surface area contributed by atoms with Crippen LogP contribution in [0.4, 0.5) is 22.7 Å². The summed E-state index contributed by atoms with van der Waals surface area (Å²) in [5, 5.41) is 14.0. The van der Waals surface area contributed by atoms with Gasteiger partial charge in [-0.25, -0.2) is 0 Å². The van der Waals surface area contributed by atoms with Crippen molar-refractivity contribution in [1.29, 1.82) is 0 Å². The molecule has 9 aromatic rings. The summed E-state index contributed by atoms with van der Waals surface area (Å²) in [6.07, 6.45) is 0. The van der Waals surface area contributed by atoms with Gasteiger partial charge in [0, 0.05) is 44.9 Å². The topological polar surface area (TPSA) is 59.5 Å². The maximum atomic E-state index is 12.2. The first-order valence-electron chi connectivity index (χ1n) is 18.8. The predicted octanol–water partition coefficient (Wildman–Crippen LogP) is 14.3. The van der Waals surface area contributed by atoms with Crippen molar-refractivity contribution in [3.05, 3.63) is 203 Å². The normalized spacial score (nSPS) is 12.8. The first-order valence-corrected chi connectivity index (χ1v) is 18.8.